The van der Waals surface area contributed by atoms with Crippen molar-refractivity contribution in [3.05, 3.63) is 74.8 Å². The predicted octanol–water partition coefficient (Wildman–Crippen LogP) is 7.63. The Morgan fingerprint density at radius 1 is 1.12 bits per heavy atom. The molecule has 0 N–H and O–H groups in total. The summed E-state index contributed by atoms with van der Waals surface area (Å²) in [6.45, 7) is 13.7. The summed E-state index contributed by atoms with van der Waals surface area (Å²) in [6, 6.07) is 6.78. The third-order valence-corrected chi connectivity index (χ3v) is 9.13. The molecule has 0 unspecified atom stereocenters. The van der Waals surface area contributed by atoms with Crippen molar-refractivity contribution in [2.45, 2.75) is 72.1 Å². The molecule has 6 rings (SSSR count). The molecule has 0 saturated carbocycles. The van der Waals surface area contributed by atoms with E-state index in [2.05, 4.69) is 4.98 Å². The Bertz CT molecular complexity index is 2010. The fraction of sp³-hybridized carbons (Fsp3) is 0.417. The summed E-state index contributed by atoms with van der Waals surface area (Å²) in [5.41, 5.74) is 0.243. The molecule has 2 aromatic heterocycles. The molecule has 0 bridgehead atoms. The number of hydrogen-bond donors (Lipinski definition) is 0. The topological polar surface area (TPSA) is 86.1 Å². The largest absolute Gasteiger partial charge is 0.496 e. The van der Waals surface area contributed by atoms with Gasteiger partial charge in [-0.3, -0.25) is 14.3 Å². The van der Waals surface area contributed by atoms with Crippen LogP contribution >= 0.6 is 11.6 Å². The zero-order valence-electron chi connectivity index (χ0n) is 28.3. The van der Waals surface area contributed by atoms with Crippen molar-refractivity contribution >= 4 is 34.3 Å². The Balaban J connectivity index is 1.67. The zero-order chi connectivity index (χ0) is 34.8. The summed E-state index contributed by atoms with van der Waals surface area (Å²) in [5.74, 6) is -1.66. The number of carbonyl (C=O) groups is 1. The highest BCUT2D eigenvalue weighted by Crippen LogP contribution is 2.47. The first-order valence-corrected chi connectivity index (χ1v) is 16.3. The van der Waals surface area contributed by atoms with Crippen molar-refractivity contribution in [3.8, 4) is 28.3 Å². The van der Waals surface area contributed by atoms with Crippen LogP contribution in [0.2, 0.25) is 5.02 Å². The van der Waals surface area contributed by atoms with Gasteiger partial charge < -0.3 is 24.0 Å². The number of piperazine rings is 1. The summed E-state index contributed by atoms with van der Waals surface area (Å²) in [7, 11) is 1.36. The van der Waals surface area contributed by atoms with Gasteiger partial charge in [0.2, 0.25) is 5.75 Å². The first-order valence-electron chi connectivity index (χ1n) is 15.9. The van der Waals surface area contributed by atoms with Gasteiger partial charge in [0, 0.05) is 36.3 Å². The van der Waals surface area contributed by atoms with E-state index >= 15 is 8.78 Å². The van der Waals surface area contributed by atoms with Gasteiger partial charge in [-0.2, -0.15) is 0 Å². The first kappa shape index (κ1) is 33.5. The molecular formula is C36H39ClF2N4O5. The normalized spacial score (nSPS) is 17.7. The van der Waals surface area contributed by atoms with Crippen LogP contribution in [0.3, 0.4) is 0 Å². The molecule has 1 saturated heterocycles. The summed E-state index contributed by atoms with van der Waals surface area (Å²) in [4.78, 5) is 36.1. The number of amides is 1. The second-order valence-electron chi connectivity index (χ2n) is 13.7. The van der Waals surface area contributed by atoms with Gasteiger partial charge in [-0.05, 0) is 70.4 Å². The first-order chi connectivity index (χ1) is 22.6. The number of anilines is 1. The molecule has 4 aromatic rings. The molecule has 254 valence electrons. The van der Waals surface area contributed by atoms with E-state index in [4.69, 9.17) is 25.8 Å². The van der Waals surface area contributed by atoms with Gasteiger partial charge in [0.25, 0.3) is 5.56 Å². The molecule has 1 amide bonds. The fourth-order valence-corrected chi connectivity index (χ4v) is 6.99. The SMILES string of the molecule is COc1cccc(F)c1-c1c(Cl)cc2c3c(c(=O)n(-c4c(C)ccnc4C(C)C)c2c1F)OC[C@H]1CN(C(=O)OC(C)(C)C)[C@H](C)CN31. The van der Waals surface area contributed by atoms with Crippen molar-refractivity contribution in [2.24, 2.45) is 0 Å². The van der Waals surface area contributed by atoms with Gasteiger partial charge in [0.1, 0.15) is 23.8 Å². The van der Waals surface area contributed by atoms with E-state index < -0.39 is 28.9 Å². The predicted molar refractivity (Wildman–Crippen MR) is 182 cm³/mol. The van der Waals surface area contributed by atoms with Crippen LogP contribution < -0.4 is 19.9 Å². The van der Waals surface area contributed by atoms with Gasteiger partial charge >= 0.3 is 6.09 Å². The average molecular weight is 681 g/mol. The molecule has 1 fully saturated rings. The summed E-state index contributed by atoms with van der Waals surface area (Å²) >= 11 is 6.88. The van der Waals surface area contributed by atoms with Crippen LogP contribution in [0.15, 0.2) is 41.3 Å². The molecule has 0 aliphatic carbocycles. The number of methoxy groups -OCH3 is 1. The van der Waals surface area contributed by atoms with Crippen LogP contribution in [0, 0.1) is 18.6 Å². The van der Waals surface area contributed by atoms with Gasteiger partial charge in [0.15, 0.2) is 5.82 Å². The molecule has 2 aliphatic rings. The molecule has 2 aromatic carbocycles. The lowest BCUT2D eigenvalue weighted by molar-refractivity contribution is 0.00992. The minimum absolute atomic E-state index is 0.0290. The number of benzene rings is 2. The van der Waals surface area contributed by atoms with Crippen molar-refractivity contribution in [2.75, 3.05) is 31.7 Å². The molecule has 4 heterocycles. The van der Waals surface area contributed by atoms with Crippen LogP contribution in [-0.4, -0.2) is 65.0 Å². The van der Waals surface area contributed by atoms with Crippen LogP contribution in [0.4, 0.5) is 19.3 Å². The highest BCUT2D eigenvalue weighted by Gasteiger charge is 2.42. The average Bonchev–Trinajstić information content (AvgIpc) is 3.01. The number of nitrogens with zero attached hydrogens (tertiary/aromatic N) is 4. The van der Waals surface area contributed by atoms with E-state index in [1.807, 2.05) is 32.6 Å². The maximum Gasteiger partial charge on any atom is 0.410 e. The maximum atomic E-state index is 17.5. The minimum Gasteiger partial charge on any atom is -0.496 e. The monoisotopic (exact) mass is 680 g/mol. The van der Waals surface area contributed by atoms with Crippen LogP contribution in [-0.2, 0) is 4.74 Å². The molecular weight excluding hydrogens is 642 g/mol. The lowest BCUT2D eigenvalue weighted by atomic mass is 9.97. The molecule has 12 heteroatoms. The number of hydrogen-bond acceptors (Lipinski definition) is 7. The smallest absolute Gasteiger partial charge is 0.410 e. The summed E-state index contributed by atoms with van der Waals surface area (Å²) < 4.78 is 51.6. The second-order valence-corrected chi connectivity index (χ2v) is 14.1. The van der Waals surface area contributed by atoms with E-state index in [9.17, 15) is 9.59 Å². The van der Waals surface area contributed by atoms with E-state index in [0.29, 0.717) is 34.6 Å². The minimum atomic E-state index is -0.902. The Hall–Kier alpha value is -4.38. The Kier molecular flexibility index (Phi) is 8.56. The Morgan fingerprint density at radius 3 is 2.52 bits per heavy atom. The fourth-order valence-electron chi connectivity index (χ4n) is 6.70. The number of carbonyl (C=O) groups excluding carboxylic acids is 1. The zero-order valence-corrected chi connectivity index (χ0v) is 29.0. The van der Waals surface area contributed by atoms with Gasteiger partial charge in [-0.1, -0.05) is 31.5 Å². The van der Waals surface area contributed by atoms with Crippen LogP contribution in [0.25, 0.3) is 27.7 Å². The van der Waals surface area contributed by atoms with E-state index in [0.717, 1.165) is 0 Å². The van der Waals surface area contributed by atoms with E-state index in [1.54, 1.807) is 44.0 Å². The molecule has 0 radical (unpaired) electrons. The van der Waals surface area contributed by atoms with E-state index in [1.165, 1.54) is 29.9 Å². The van der Waals surface area contributed by atoms with Gasteiger partial charge in [-0.25, -0.2) is 13.6 Å². The van der Waals surface area contributed by atoms with Crippen LogP contribution in [0.1, 0.15) is 58.7 Å². The number of aromatic nitrogens is 2. The number of pyridine rings is 2. The number of ether oxygens (including phenoxy) is 3. The quantitative estimate of drug-likeness (QED) is 0.219. The van der Waals surface area contributed by atoms with Gasteiger partial charge in [0.05, 0.1) is 46.3 Å². The molecule has 48 heavy (non-hydrogen) atoms. The van der Waals surface area contributed by atoms with E-state index in [-0.39, 0.29) is 64.3 Å². The molecule has 0 spiro atoms. The molecule has 9 nitrogen and oxygen atoms in total. The van der Waals surface area contributed by atoms with Gasteiger partial charge in [-0.15, -0.1) is 0 Å². The third-order valence-electron chi connectivity index (χ3n) is 8.83. The lowest BCUT2D eigenvalue weighted by Gasteiger charge is -2.48. The third kappa shape index (κ3) is 5.51. The standard InChI is InChI=1S/C36H39ClF2N4O5/c1-18(2)29-30(19(3)12-13-40-29)43-31-22(14-23(37)26(28(31)39)27-24(38)10-9-11-25(27)46-8)32-33(34(43)44)47-17-21-16-41(20(4)15-42(21)32)35(45)48-36(5,6)7/h9-14,18,20-21H,15-17H2,1-8H3/t20-,21-/m1/s1. The summed E-state index contributed by atoms with van der Waals surface area (Å²) in [5, 5.41) is 0.220. The lowest BCUT2D eigenvalue weighted by Crippen LogP contribution is -2.62. The molecule has 2 aliphatic heterocycles. The number of rotatable bonds is 4. The second kappa shape index (κ2) is 12.3. The van der Waals surface area contributed by atoms with Crippen molar-refractivity contribution in [1.29, 1.82) is 0 Å². The number of fused-ring (bicyclic) bond motifs is 5. The van der Waals surface area contributed by atoms with Crippen LogP contribution in [0.5, 0.6) is 11.5 Å². The Labute approximate surface area is 283 Å². The highest BCUT2D eigenvalue weighted by molar-refractivity contribution is 6.34. The summed E-state index contributed by atoms with van der Waals surface area (Å²) in [6.07, 6.45) is 1.20. The number of halogens is 3. The van der Waals surface area contributed by atoms with Crippen molar-refractivity contribution < 1.29 is 27.8 Å². The van der Waals surface area contributed by atoms with Crippen molar-refractivity contribution in [3.63, 3.8) is 0 Å². The highest BCUT2D eigenvalue weighted by atomic mass is 35.5. The Morgan fingerprint density at radius 2 is 1.85 bits per heavy atom. The van der Waals surface area contributed by atoms with Crippen molar-refractivity contribution in [1.82, 2.24) is 14.5 Å². The molecule has 2 atom stereocenters. The number of aryl methyl sites for hydroxylation is 1. The maximum absolute atomic E-state index is 17.5.